The second-order valence-electron chi connectivity index (χ2n) is 8.36. The van der Waals surface area contributed by atoms with Crippen LogP contribution in [0.15, 0.2) is 82.5 Å². The fourth-order valence-electron chi connectivity index (χ4n) is 3.58. The minimum Gasteiger partial charge on any atom is -0.481 e. The van der Waals surface area contributed by atoms with E-state index in [4.69, 9.17) is 16.3 Å². The third-order valence-electron chi connectivity index (χ3n) is 5.65. The second kappa shape index (κ2) is 11.1. The summed E-state index contributed by atoms with van der Waals surface area (Å²) in [5.74, 6) is -0.972. The van der Waals surface area contributed by atoms with Crippen LogP contribution in [0.1, 0.15) is 12.5 Å². The first-order valence-electron chi connectivity index (χ1n) is 11.3. The van der Waals surface area contributed by atoms with Crippen LogP contribution in [0, 0.1) is 5.92 Å². The van der Waals surface area contributed by atoms with Gasteiger partial charge in [0.25, 0.3) is 0 Å². The topological polar surface area (TPSA) is 120 Å². The van der Waals surface area contributed by atoms with Gasteiger partial charge in [0.15, 0.2) is 0 Å². The van der Waals surface area contributed by atoms with Crippen LogP contribution < -0.4 is 21.0 Å². The van der Waals surface area contributed by atoms with Crippen molar-refractivity contribution in [2.45, 2.75) is 20.0 Å². The van der Waals surface area contributed by atoms with Crippen LogP contribution >= 0.6 is 11.6 Å². The van der Waals surface area contributed by atoms with E-state index in [0.29, 0.717) is 22.3 Å². The average molecular weight is 522 g/mol. The number of pyridine rings is 1. The SMILES string of the molecule is C[C@@H](Cn1c(=O)nc(N(C)c2ccc(Oc3ccccn3)cc2)n(Cc2ccc(Cl)cc2)c1=O)C(=O)O. The Balaban J connectivity index is 1.72. The van der Waals surface area contributed by atoms with Gasteiger partial charge >= 0.3 is 17.3 Å². The second-order valence-corrected chi connectivity index (χ2v) is 8.80. The van der Waals surface area contributed by atoms with Crippen LogP contribution in [0.25, 0.3) is 0 Å². The van der Waals surface area contributed by atoms with Gasteiger partial charge < -0.3 is 14.7 Å². The summed E-state index contributed by atoms with van der Waals surface area (Å²) in [6.45, 7) is 1.21. The van der Waals surface area contributed by atoms with Crippen LogP contribution in [0.3, 0.4) is 0 Å². The van der Waals surface area contributed by atoms with Crippen molar-refractivity contribution >= 4 is 29.2 Å². The number of anilines is 2. The van der Waals surface area contributed by atoms with Gasteiger partial charge in [-0.3, -0.25) is 9.36 Å². The lowest BCUT2D eigenvalue weighted by Crippen LogP contribution is -2.45. The number of halogens is 1. The largest absolute Gasteiger partial charge is 0.481 e. The molecule has 2 aromatic heterocycles. The number of aliphatic carboxylic acids is 1. The molecule has 1 atom stereocenters. The summed E-state index contributed by atoms with van der Waals surface area (Å²) in [5.41, 5.74) is -0.109. The van der Waals surface area contributed by atoms with Crippen molar-refractivity contribution in [3.05, 3.63) is 104 Å². The zero-order valence-electron chi connectivity index (χ0n) is 20.1. The Morgan fingerprint density at radius 3 is 2.38 bits per heavy atom. The van der Waals surface area contributed by atoms with Gasteiger partial charge in [-0.2, -0.15) is 4.98 Å². The number of carboxylic acid groups (broad SMARTS) is 1. The summed E-state index contributed by atoms with van der Waals surface area (Å²) in [4.78, 5) is 47.5. The van der Waals surface area contributed by atoms with Gasteiger partial charge in [-0.05, 0) is 48.0 Å². The highest BCUT2D eigenvalue weighted by Crippen LogP contribution is 2.26. The van der Waals surface area contributed by atoms with Crippen LogP contribution in [-0.4, -0.2) is 37.2 Å². The molecule has 0 saturated heterocycles. The molecule has 0 unspecified atom stereocenters. The third kappa shape index (κ3) is 6.04. The van der Waals surface area contributed by atoms with Crippen molar-refractivity contribution in [2.24, 2.45) is 5.92 Å². The maximum absolute atomic E-state index is 13.4. The minimum absolute atomic E-state index is 0.0886. The lowest BCUT2D eigenvalue weighted by molar-refractivity contribution is -0.141. The highest BCUT2D eigenvalue weighted by atomic mass is 35.5. The van der Waals surface area contributed by atoms with Crippen molar-refractivity contribution in [3.8, 4) is 11.6 Å². The molecule has 0 fully saturated rings. The number of hydrogen-bond donors (Lipinski definition) is 1. The van der Waals surface area contributed by atoms with E-state index < -0.39 is 23.3 Å². The first kappa shape index (κ1) is 25.6. The number of carbonyl (C=O) groups is 1. The Hall–Kier alpha value is -4.44. The summed E-state index contributed by atoms with van der Waals surface area (Å²) in [6.07, 6.45) is 1.63. The van der Waals surface area contributed by atoms with E-state index in [0.717, 1.165) is 10.1 Å². The van der Waals surface area contributed by atoms with Gasteiger partial charge in [-0.15, -0.1) is 0 Å². The summed E-state index contributed by atoms with van der Waals surface area (Å²) >= 11 is 6.00. The molecular formula is C26H24ClN5O5. The lowest BCUT2D eigenvalue weighted by atomic mass is 10.2. The van der Waals surface area contributed by atoms with E-state index >= 15 is 0 Å². The van der Waals surface area contributed by atoms with E-state index in [9.17, 15) is 19.5 Å². The summed E-state index contributed by atoms with van der Waals surface area (Å²) < 4.78 is 7.90. The Kier molecular flexibility index (Phi) is 7.69. The van der Waals surface area contributed by atoms with Crippen molar-refractivity contribution in [1.82, 2.24) is 19.1 Å². The zero-order chi connectivity index (χ0) is 26.5. The van der Waals surface area contributed by atoms with Crippen molar-refractivity contribution in [2.75, 3.05) is 11.9 Å². The Morgan fingerprint density at radius 1 is 1.05 bits per heavy atom. The number of benzene rings is 2. The summed E-state index contributed by atoms with van der Waals surface area (Å²) in [5, 5.41) is 9.82. The summed E-state index contributed by atoms with van der Waals surface area (Å²) in [6, 6.07) is 19.2. The smallest absolute Gasteiger partial charge is 0.354 e. The zero-order valence-corrected chi connectivity index (χ0v) is 20.9. The average Bonchev–Trinajstić information content (AvgIpc) is 2.89. The highest BCUT2D eigenvalue weighted by molar-refractivity contribution is 6.30. The summed E-state index contributed by atoms with van der Waals surface area (Å²) in [7, 11) is 1.68. The van der Waals surface area contributed by atoms with Crippen molar-refractivity contribution in [1.29, 1.82) is 0 Å². The Bertz CT molecular complexity index is 1500. The van der Waals surface area contributed by atoms with Gasteiger partial charge in [-0.1, -0.05) is 36.7 Å². The van der Waals surface area contributed by atoms with Gasteiger partial charge in [0.2, 0.25) is 11.8 Å². The lowest BCUT2D eigenvalue weighted by Gasteiger charge is -2.23. The molecule has 37 heavy (non-hydrogen) atoms. The van der Waals surface area contributed by atoms with Crippen LogP contribution in [0.5, 0.6) is 11.6 Å². The van der Waals surface area contributed by atoms with Gasteiger partial charge in [-0.25, -0.2) is 19.1 Å². The van der Waals surface area contributed by atoms with Crippen LogP contribution in [0.2, 0.25) is 5.02 Å². The standard InChI is InChI=1S/C26H24ClN5O5/c1-17(23(33)34)15-32-25(35)29-24(31(26(32)36)16-18-6-8-19(27)9-7-18)30(2)20-10-12-21(13-11-20)37-22-5-3-4-14-28-22/h3-14,17H,15-16H2,1-2H3,(H,33,34)/t17-/m0/s1. The number of nitrogens with zero attached hydrogens (tertiary/aromatic N) is 5. The molecule has 0 aliphatic heterocycles. The molecule has 1 N–H and O–H groups in total. The van der Waals surface area contributed by atoms with Crippen LogP contribution in [-0.2, 0) is 17.9 Å². The fourth-order valence-corrected chi connectivity index (χ4v) is 3.70. The normalized spacial score (nSPS) is 11.6. The van der Waals surface area contributed by atoms with E-state index in [1.807, 2.05) is 6.07 Å². The molecule has 0 aliphatic carbocycles. The molecule has 4 aromatic rings. The Labute approximate surface area is 217 Å². The van der Waals surface area contributed by atoms with Gasteiger partial charge in [0.05, 0.1) is 12.5 Å². The first-order valence-corrected chi connectivity index (χ1v) is 11.7. The monoisotopic (exact) mass is 521 g/mol. The molecule has 0 amide bonds. The molecule has 2 heterocycles. The molecule has 2 aromatic carbocycles. The number of carboxylic acids is 1. The van der Waals surface area contributed by atoms with E-state index in [1.165, 1.54) is 11.5 Å². The van der Waals surface area contributed by atoms with E-state index in [-0.39, 0.29) is 19.0 Å². The fraction of sp³-hybridized carbons (Fsp3) is 0.192. The minimum atomic E-state index is -1.12. The molecule has 4 rings (SSSR count). The van der Waals surface area contributed by atoms with Gasteiger partial charge in [0.1, 0.15) is 5.75 Å². The molecule has 0 bridgehead atoms. The first-order chi connectivity index (χ1) is 17.7. The predicted molar refractivity (Wildman–Crippen MR) is 139 cm³/mol. The van der Waals surface area contributed by atoms with E-state index in [1.54, 1.807) is 78.8 Å². The van der Waals surface area contributed by atoms with E-state index in [2.05, 4.69) is 9.97 Å². The van der Waals surface area contributed by atoms with Crippen LogP contribution in [0.4, 0.5) is 11.6 Å². The highest BCUT2D eigenvalue weighted by Gasteiger charge is 2.21. The Morgan fingerprint density at radius 2 is 1.76 bits per heavy atom. The number of aromatic nitrogens is 4. The maximum atomic E-state index is 13.4. The quantitative estimate of drug-likeness (QED) is 0.353. The predicted octanol–water partition coefficient (Wildman–Crippen LogP) is 3.78. The van der Waals surface area contributed by atoms with Crippen molar-refractivity contribution in [3.63, 3.8) is 0 Å². The van der Waals surface area contributed by atoms with Gasteiger partial charge in [0, 0.05) is 36.6 Å². The maximum Gasteiger partial charge on any atom is 0.354 e. The molecule has 190 valence electrons. The van der Waals surface area contributed by atoms with Crippen molar-refractivity contribution < 1.29 is 14.6 Å². The molecule has 0 radical (unpaired) electrons. The number of ether oxygens (including phenoxy) is 1. The molecule has 0 saturated carbocycles. The third-order valence-corrected chi connectivity index (χ3v) is 5.90. The molecule has 0 spiro atoms. The molecule has 0 aliphatic rings. The number of hydrogen-bond acceptors (Lipinski definition) is 7. The number of rotatable bonds is 9. The molecule has 10 nitrogen and oxygen atoms in total. The molecular weight excluding hydrogens is 498 g/mol. The molecule has 11 heteroatoms.